The minimum absolute atomic E-state index is 0.00111. The Bertz CT molecular complexity index is 494. The number of carbonyl (C=O) groups excluding carboxylic acids is 1. The molecule has 1 N–H and O–H groups in total. The molecule has 0 saturated carbocycles. The van der Waals surface area contributed by atoms with Gasteiger partial charge in [-0.1, -0.05) is 6.07 Å². The lowest BCUT2D eigenvalue weighted by molar-refractivity contribution is -0.385. The number of nitro groups is 1. The monoisotopic (exact) mass is 263 g/mol. The summed E-state index contributed by atoms with van der Waals surface area (Å²) in [6.45, 7) is 4.62. The van der Waals surface area contributed by atoms with Crippen LogP contribution in [0.25, 0.3) is 0 Å². The average Bonchev–Trinajstić information content (AvgIpc) is 2.66. The van der Waals surface area contributed by atoms with Crippen LogP contribution in [0.5, 0.6) is 0 Å². The Labute approximate surface area is 111 Å². The fourth-order valence-corrected chi connectivity index (χ4v) is 2.27. The van der Waals surface area contributed by atoms with Crippen LogP contribution in [0.15, 0.2) is 18.2 Å². The van der Waals surface area contributed by atoms with Gasteiger partial charge in [-0.2, -0.15) is 0 Å². The molecule has 2 rings (SSSR count). The molecule has 1 aromatic carbocycles. The molecule has 0 atom stereocenters. The zero-order valence-electron chi connectivity index (χ0n) is 10.9. The lowest BCUT2D eigenvalue weighted by Gasteiger charge is -2.20. The van der Waals surface area contributed by atoms with E-state index in [1.807, 2.05) is 0 Å². The maximum Gasteiger partial charge on any atom is 0.273 e. The van der Waals surface area contributed by atoms with Gasteiger partial charge in [0.25, 0.3) is 11.6 Å². The standard InChI is InChI=1S/C13H17N3O3/c1-10-11(4-2-5-12(10)16(18)19)13(17)15-8-3-6-14-7-9-15/h2,4-5,14H,3,6-9H2,1H3. The second-order valence-corrected chi connectivity index (χ2v) is 4.60. The van der Waals surface area contributed by atoms with Gasteiger partial charge in [-0.25, -0.2) is 0 Å². The highest BCUT2D eigenvalue weighted by Crippen LogP contribution is 2.22. The van der Waals surface area contributed by atoms with E-state index in [0.29, 0.717) is 24.2 Å². The first-order valence-corrected chi connectivity index (χ1v) is 6.35. The lowest BCUT2D eigenvalue weighted by atomic mass is 10.1. The molecular formula is C13H17N3O3. The third-order valence-corrected chi connectivity index (χ3v) is 3.36. The van der Waals surface area contributed by atoms with E-state index in [1.54, 1.807) is 24.0 Å². The molecule has 1 aromatic rings. The van der Waals surface area contributed by atoms with Crippen LogP contribution in [0.1, 0.15) is 22.3 Å². The Morgan fingerprint density at radius 3 is 2.89 bits per heavy atom. The van der Waals surface area contributed by atoms with Crippen molar-refractivity contribution in [1.82, 2.24) is 10.2 Å². The Balaban J connectivity index is 2.28. The van der Waals surface area contributed by atoms with Crippen molar-refractivity contribution in [2.45, 2.75) is 13.3 Å². The number of rotatable bonds is 2. The summed E-state index contributed by atoms with van der Waals surface area (Å²) in [5, 5.41) is 14.1. The van der Waals surface area contributed by atoms with E-state index in [4.69, 9.17) is 0 Å². The highest BCUT2D eigenvalue weighted by molar-refractivity contribution is 5.96. The molecule has 0 aromatic heterocycles. The zero-order chi connectivity index (χ0) is 13.8. The van der Waals surface area contributed by atoms with Crippen molar-refractivity contribution in [3.8, 4) is 0 Å². The maximum atomic E-state index is 12.4. The Morgan fingerprint density at radius 2 is 2.16 bits per heavy atom. The highest BCUT2D eigenvalue weighted by atomic mass is 16.6. The Kier molecular flexibility index (Phi) is 4.11. The van der Waals surface area contributed by atoms with Crippen molar-refractivity contribution >= 4 is 11.6 Å². The number of amides is 1. The van der Waals surface area contributed by atoms with Crippen molar-refractivity contribution in [1.29, 1.82) is 0 Å². The van der Waals surface area contributed by atoms with Crippen LogP contribution in [-0.2, 0) is 0 Å². The summed E-state index contributed by atoms with van der Waals surface area (Å²) in [6, 6.07) is 4.65. The van der Waals surface area contributed by atoms with Gasteiger partial charge in [0.05, 0.1) is 4.92 Å². The smallest absolute Gasteiger partial charge is 0.273 e. The van der Waals surface area contributed by atoms with Gasteiger partial charge in [0.1, 0.15) is 0 Å². The number of carbonyl (C=O) groups is 1. The highest BCUT2D eigenvalue weighted by Gasteiger charge is 2.22. The van der Waals surface area contributed by atoms with E-state index < -0.39 is 4.92 Å². The van der Waals surface area contributed by atoms with Gasteiger partial charge >= 0.3 is 0 Å². The first kappa shape index (κ1) is 13.5. The second kappa shape index (κ2) is 5.79. The summed E-state index contributed by atoms with van der Waals surface area (Å²) in [4.78, 5) is 24.6. The maximum absolute atomic E-state index is 12.4. The number of nitrogens with one attached hydrogen (secondary N) is 1. The van der Waals surface area contributed by atoms with Gasteiger partial charge in [-0.15, -0.1) is 0 Å². The van der Waals surface area contributed by atoms with Crippen molar-refractivity contribution in [3.63, 3.8) is 0 Å². The number of hydrogen-bond acceptors (Lipinski definition) is 4. The van der Waals surface area contributed by atoms with Crippen molar-refractivity contribution in [2.75, 3.05) is 26.2 Å². The molecule has 1 aliphatic heterocycles. The molecular weight excluding hydrogens is 246 g/mol. The molecule has 0 radical (unpaired) electrons. The molecule has 1 fully saturated rings. The van der Waals surface area contributed by atoms with E-state index in [9.17, 15) is 14.9 Å². The number of benzene rings is 1. The topological polar surface area (TPSA) is 75.5 Å². The van der Waals surface area contributed by atoms with E-state index in [2.05, 4.69) is 5.32 Å². The minimum Gasteiger partial charge on any atom is -0.337 e. The molecule has 0 spiro atoms. The lowest BCUT2D eigenvalue weighted by Crippen LogP contribution is -2.34. The predicted molar refractivity (Wildman–Crippen MR) is 71.2 cm³/mol. The van der Waals surface area contributed by atoms with Gasteiger partial charge in [0, 0.05) is 36.8 Å². The van der Waals surface area contributed by atoms with E-state index in [-0.39, 0.29) is 11.6 Å². The fourth-order valence-electron chi connectivity index (χ4n) is 2.27. The molecule has 0 aliphatic carbocycles. The van der Waals surface area contributed by atoms with Crippen LogP contribution < -0.4 is 5.32 Å². The summed E-state index contributed by atoms with van der Waals surface area (Å²) in [6.07, 6.45) is 0.902. The summed E-state index contributed by atoms with van der Waals surface area (Å²) < 4.78 is 0. The SMILES string of the molecule is Cc1c(C(=O)N2CCCNCC2)cccc1[N+](=O)[O-]. The average molecular weight is 263 g/mol. The van der Waals surface area contributed by atoms with Gasteiger partial charge in [0.15, 0.2) is 0 Å². The van der Waals surface area contributed by atoms with Gasteiger partial charge in [0.2, 0.25) is 0 Å². The normalized spacial score (nSPS) is 15.9. The molecule has 19 heavy (non-hydrogen) atoms. The molecule has 0 unspecified atom stereocenters. The van der Waals surface area contributed by atoms with Crippen molar-refractivity contribution in [3.05, 3.63) is 39.4 Å². The van der Waals surface area contributed by atoms with Gasteiger partial charge < -0.3 is 10.2 Å². The first-order valence-electron chi connectivity index (χ1n) is 6.35. The minimum atomic E-state index is -0.448. The number of hydrogen-bond donors (Lipinski definition) is 1. The predicted octanol–water partition coefficient (Wildman–Crippen LogP) is 1.34. The van der Waals surface area contributed by atoms with Crippen molar-refractivity contribution < 1.29 is 9.72 Å². The van der Waals surface area contributed by atoms with Gasteiger partial charge in [-0.05, 0) is 26.0 Å². The largest absolute Gasteiger partial charge is 0.337 e. The molecule has 1 aliphatic rings. The summed E-state index contributed by atoms with van der Waals surface area (Å²) in [7, 11) is 0. The second-order valence-electron chi connectivity index (χ2n) is 4.60. The molecule has 102 valence electrons. The van der Waals surface area contributed by atoms with E-state index >= 15 is 0 Å². The van der Waals surface area contributed by atoms with Crippen LogP contribution in [0.4, 0.5) is 5.69 Å². The van der Waals surface area contributed by atoms with Crippen LogP contribution in [0.2, 0.25) is 0 Å². The van der Waals surface area contributed by atoms with E-state index in [1.165, 1.54) is 6.07 Å². The van der Waals surface area contributed by atoms with Crippen LogP contribution in [0.3, 0.4) is 0 Å². The summed E-state index contributed by atoms with van der Waals surface area (Å²) >= 11 is 0. The third kappa shape index (κ3) is 2.90. The van der Waals surface area contributed by atoms with Crippen LogP contribution in [0, 0.1) is 17.0 Å². The van der Waals surface area contributed by atoms with Crippen molar-refractivity contribution in [2.24, 2.45) is 0 Å². The molecule has 1 heterocycles. The van der Waals surface area contributed by atoms with Crippen LogP contribution in [-0.4, -0.2) is 41.9 Å². The summed E-state index contributed by atoms with van der Waals surface area (Å²) in [5.41, 5.74) is 0.865. The molecule has 1 saturated heterocycles. The molecule has 6 heteroatoms. The number of nitrogens with zero attached hydrogens (tertiary/aromatic N) is 2. The van der Waals surface area contributed by atoms with E-state index in [0.717, 1.165) is 19.5 Å². The van der Waals surface area contributed by atoms with Gasteiger partial charge in [-0.3, -0.25) is 14.9 Å². The Morgan fingerprint density at radius 1 is 1.37 bits per heavy atom. The number of nitro benzene ring substituents is 1. The third-order valence-electron chi connectivity index (χ3n) is 3.36. The first-order chi connectivity index (χ1) is 9.11. The zero-order valence-corrected chi connectivity index (χ0v) is 10.9. The molecule has 6 nitrogen and oxygen atoms in total. The quantitative estimate of drug-likeness (QED) is 0.645. The Hall–Kier alpha value is -1.95. The fraction of sp³-hybridized carbons (Fsp3) is 0.462. The van der Waals surface area contributed by atoms with Crippen LogP contribution >= 0.6 is 0 Å². The summed E-state index contributed by atoms with van der Waals surface area (Å²) in [5.74, 6) is -0.120. The molecule has 0 bridgehead atoms. The molecule has 1 amide bonds.